The molecule has 0 radical (unpaired) electrons. The Kier molecular flexibility index (Phi) is 5.16. The molecular formula is C17H26N2O2S. The Balaban J connectivity index is 1.51. The summed E-state index contributed by atoms with van der Waals surface area (Å²) in [7, 11) is -3.30. The Hall–Kier alpha value is -0.910. The van der Waals surface area contributed by atoms with Gasteiger partial charge in [-0.3, -0.25) is 0 Å². The summed E-state index contributed by atoms with van der Waals surface area (Å²) < 4.78 is 26.8. The van der Waals surface area contributed by atoms with E-state index >= 15 is 0 Å². The van der Waals surface area contributed by atoms with Gasteiger partial charge in [-0.05, 0) is 50.3 Å². The molecule has 3 rings (SSSR count). The smallest absolute Gasteiger partial charge is 0.243 e. The molecule has 1 saturated heterocycles. The molecule has 0 unspecified atom stereocenters. The largest absolute Gasteiger partial charge is 0.314 e. The lowest BCUT2D eigenvalue weighted by atomic mass is 9.98. The number of benzene rings is 1. The standard InChI is InChI=1S/C17H26N2O2S/c20-22(21,17-8-2-1-3-9-17)19-12-10-15(11-13-19)14-18-16-6-4-5-7-16/h1-3,8-9,15-16,18H,4-7,10-14H2. The Morgan fingerprint density at radius 3 is 2.27 bits per heavy atom. The third kappa shape index (κ3) is 3.70. The topological polar surface area (TPSA) is 49.4 Å². The minimum atomic E-state index is -3.30. The summed E-state index contributed by atoms with van der Waals surface area (Å²) in [5.41, 5.74) is 0. The lowest BCUT2D eigenvalue weighted by molar-refractivity contribution is 0.261. The van der Waals surface area contributed by atoms with E-state index in [1.807, 2.05) is 6.07 Å². The third-order valence-corrected chi connectivity index (χ3v) is 6.92. The second kappa shape index (κ2) is 7.11. The first-order valence-corrected chi connectivity index (χ1v) is 9.89. The van der Waals surface area contributed by atoms with Gasteiger partial charge in [-0.25, -0.2) is 8.42 Å². The summed E-state index contributed by atoms with van der Waals surface area (Å²) in [6.45, 7) is 2.34. The van der Waals surface area contributed by atoms with Gasteiger partial charge in [-0.1, -0.05) is 31.0 Å². The fraction of sp³-hybridized carbons (Fsp3) is 0.647. The molecule has 0 amide bonds. The van der Waals surface area contributed by atoms with Crippen LogP contribution in [0, 0.1) is 5.92 Å². The van der Waals surface area contributed by atoms with Crippen LogP contribution in [0.4, 0.5) is 0 Å². The molecule has 22 heavy (non-hydrogen) atoms. The second-order valence-corrected chi connectivity index (χ2v) is 8.49. The molecule has 1 aliphatic heterocycles. The van der Waals surface area contributed by atoms with Gasteiger partial charge in [0.25, 0.3) is 0 Å². The lowest BCUT2D eigenvalue weighted by Gasteiger charge is -2.32. The number of sulfonamides is 1. The van der Waals surface area contributed by atoms with Crippen LogP contribution >= 0.6 is 0 Å². The van der Waals surface area contributed by atoms with Gasteiger partial charge in [0.15, 0.2) is 0 Å². The molecule has 0 spiro atoms. The Morgan fingerprint density at radius 1 is 1.00 bits per heavy atom. The van der Waals surface area contributed by atoms with Crippen molar-refractivity contribution in [3.63, 3.8) is 0 Å². The normalized spacial score (nSPS) is 22.2. The summed E-state index contributed by atoms with van der Waals surface area (Å²) in [5, 5.41) is 3.67. The van der Waals surface area contributed by atoms with Crippen LogP contribution in [-0.2, 0) is 10.0 Å². The molecule has 4 nitrogen and oxygen atoms in total. The van der Waals surface area contributed by atoms with Crippen molar-refractivity contribution >= 4 is 10.0 Å². The first-order valence-electron chi connectivity index (χ1n) is 8.45. The molecule has 1 saturated carbocycles. The maximum atomic E-state index is 12.6. The minimum Gasteiger partial charge on any atom is -0.314 e. The van der Waals surface area contributed by atoms with Gasteiger partial charge < -0.3 is 5.32 Å². The number of piperidine rings is 1. The van der Waals surface area contributed by atoms with Crippen molar-refractivity contribution in [1.82, 2.24) is 9.62 Å². The van der Waals surface area contributed by atoms with E-state index in [1.54, 1.807) is 28.6 Å². The van der Waals surface area contributed by atoms with Gasteiger partial charge in [0, 0.05) is 19.1 Å². The maximum absolute atomic E-state index is 12.6. The molecule has 1 aromatic carbocycles. The zero-order valence-corrected chi connectivity index (χ0v) is 13.9. The molecule has 1 aromatic rings. The maximum Gasteiger partial charge on any atom is 0.243 e. The number of hydrogen-bond donors (Lipinski definition) is 1. The third-order valence-electron chi connectivity index (χ3n) is 5.00. The highest BCUT2D eigenvalue weighted by atomic mass is 32.2. The zero-order valence-electron chi connectivity index (χ0n) is 13.1. The quantitative estimate of drug-likeness (QED) is 0.906. The second-order valence-electron chi connectivity index (χ2n) is 6.55. The van der Waals surface area contributed by atoms with Gasteiger partial charge >= 0.3 is 0 Å². The highest BCUT2D eigenvalue weighted by molar-refractivity contribution is 7.89. The first-order chi connectivity index (χ1) is 10.7. The molecule has 2 aliphatic rings. The average Bonchev–Trinajstić information content (AvgIpc) is 3.08. The highest BCUT2D eigenvalue weighted by Gasteiger charge is 2.29. The molecule has 0 bridgehead atoms. The van der Waals surface area contributed by atoms with Gasteiger partial charge in [-0.15, -0.1) is 0 Å². The van der Waals surface area contributed by atoms with Crippen molar-refractivity contribution in [2.24, 2.45) is 5.92 Å². The van der Waals surface area contributed by atoms with E-state index < -0.39 is 10.0 Å². The monoisotopic (exact) mass is 322 g/mol. The van der Waals surface area contributed by atoms with Crippen LogP contribution in [0.5, 0.6) is 0 Å². The summed E-state index contributed by atoms with van der Waals surface area (Å²) in [4.78, 5) is 0.414. The van der Waals surface area contributed by atoms with Crippen molar-refractivity contribution in [2.45, 2.75) is 49.5 Å². The van der Waals surface area contributed by atoms with E-state index in [-0.39, 0.29) is 0 Å². The lowest BCUT2D eigenvalue weighted by Crippen LogP contribution is -2.41. The van der Waals surface area contributed by atoms with Gasteiger partial charge in [-0.2, -0.15) is 4.31 Å². The predicted octanol–water partition coefficient (Wildman–Crippen LogP) is 2.62. The van der Waals surface area contributed by atoms with Crippen molar-refractivity contribution in [1.29, 1.82) is 0 Å². The van der Waals surface area contributed by atoms with Crippen molar-refractivity contribution in [3.05, 3.63) is 30.3 Å². The van der Waals surface area contributed by atoms with E-state index in [0.717, 1.165) is 19.4 Å². The van der Waals surface area contributed by atoms with Crippen molar-refractivity contribution in [2.75, 3.05) is 19.6 Å². The van der Waals surface area contributed by atoms with Crippen LogP contribution < -0.4 is 5.32 Å². The Labute approximate surface area is 134 Å². The molecule has 1 heterocycles. The molecule has 2 fully saturated rings. The summed E-state index contributed by atoms with van der Waals surface area (Å²) in [5.74, 6) is 0.614. The predicted molar refractivity (Wildman–Crippen MR) is 88.2 cm³/mol. The van der Waals surface area contributed by atoms with Gasteiger partial charge in [0.1, 0.15) is 0 Å². The molecule has 0 atom stereocenters. The molecule has 0 aromatic heterocycles. The van der Waals surface area contributed by atoms with Gasteiger partial charge in [0.2, 0.25) is 10.0 Å². The molecule has 122 valence electrons. The number of nitrogens with one attached hydrogen (secondary N) is 1. The minimum absolute atomic E-state index is 0.414. The summed E-state index contributed by atoms with van der Waals surface area (Å²) in [6.07, 6.45) is 7.25. The van der Waals surface area contributed by atoms with Crippen LogP contribution in [-0.4, -0.2) is 38.4 Å². The van der Waals surface area contributed by atoms with Crippen LogP contribution in [0.3, 0.4) is 0 Å². The van der Waals surface area contributed by atoms with Crippen LogP contribution in [0.25, 0.3) is 0 Å². The number of rotatable bonds is 5. The molecular weight excluding hydrogens is 296 g/mol. The molecule has 1 aliphatic carbocycles. The fourth-order valence-corrected chi connectivity index (χ4v) is 5.05. The summed E-state index contributed by atoms with van der Waals surface area (Å²) >= 11 is 0. The van der Waals surface area contributed by atoms with Crippen molar-refractivity contribution < 1.29 is 8.42 Å². The average molecular weight is 322 g/mol. The van der Waals surface area contributed by atoms with Crippen LogP contribution in [0.15, 0.2) is 35.2 Å². The SMILES string of the molecule is O=S(=O)(c1ccccc1)N1CCC(CNC2CCCC2)CC1. The van der Waals surface area contributed by atoms with Gasteiger partial charge in [0.05, 0.1) is 4.90 Å². The highest BCUT2D eigenvalue weighted by Crippen LogP contribution is 2.24. The first kappa shape index (κ1) is 16.0. The van der Waals surface area contributed by atoms with E-state index in [9.17, 15) is 8.42 Å². The zero-order chi connectivity index (χ0) is 15.4. The molecule has 1 N–H and O–H groups in total. The van der Waals surface area contributed by atoms with E-state index in [2.05, 4.69) is 5.32 Å². The van der Waals surface area contributed by atoms with Crippen molar-refractivity contribution in [3.8, 4) is 0 Å². The van der Waals surface area contributed by atoms with E-state index in [0.29, 0.717) is 29.9 Å². The van der Waals surface area contributed by atoms with Crippen LogP contribution in [0.2, 0.25) is 0 Å². The Bertz CT molecular complexity index is 560. The summed E-state index contributed by atoms with van der Waals surface area (Å²) in [6, 6.07) is 9.48. The van der Waals surface area contributed by atoms with Crippen LogP contribution in [0.1, 0.15) is 38.5 Å². The number of hydrogen-bond acceptors (Lipinski definition) is 3. The molecule has 5 heteroatoms. The fourth-order valence-electron chi connectivity index (χ4n) is 3.56. The van der Waals surface area contributed by atoms with E-state index in [1.165, 1.54) is 25.7 Å². The van der Waals surface area contributed by atoms with E-state index in [4.69, 9.17) is 0 Å². The number of nitrogens with zero attached hydrogens (tertiary/aromatic N) is 1. The Morgan fingerprint density at radius 2 is 1.64 bits per heavy atom.